The van der Waals surface area contributed by atoms with E-state index in [-0.39, 0.29) is 18.3 Å². The van der Waals surface area contributed by atoms with Gasteiger partial charge < -0.3 is 13.7 Å². The highest BCUT2D eigenvalue weighted by Gasteiger charge is 2.52. The summed E-state index contributed by atoms with van der Waals surface area (Å²) in [5.74, 6) is 0.983. The molecule has 0 aromatic heterocycles. The lowest BCUT2D eigenvalue weighted by atomic mass is 9.75. The van der Waals surface area contributed by atoms with Crippen LogP contribution in [0.25, 0.3) is 0 Å². The van der Waals surface area contributed by atoms with Crippen LogP contribution in [0.4, 0.5) is 0 Å². The molecule has 0 amide bonds. The van der Waals surface area contributed by atoms with Crippen molar-refractivity contribution in [1.82, 2.24) is 0 Å². The smallest absolute Gasteiger partial charge is 0.495 e. The summed E-state index contributed by atoms with van der Waals surface area (Å²) in [5.41, 5.74) is 2.76. The molecule has 1 saturated heterocycles. The van der Waals surface area contributed by atoms with E-state index >= 15 is 0 Å². The van der Waals surface area contributed by atoms with Crippen molar-refractivity contribution in [3.05, 3.63) is 23.3 Å². The average molecular weight is 320 g/mol. The van der Waals surface area contributed by atoms with Gasteiger partial charge in [-0.3, -0.25) is 0 Å². The highest BCUT2D eigenvalue weighted by Crippen LogP contribution is 2.37. The molecule has 0 spiro atoms. The van der Waals surface area contributed by atoms with Crippen molar-refractivity contribution in [3.63, 3.8) is 0 Å². The zero-order valence-corrected chi connectivity index (χ0v) is 16.5. The highest BCUT2D eigenvalue weighted by atomic mass is 28.4. The number of hydrogen-bond acceptors (Lipinski definition) is 3. The molecule has 0 aliphatic carbocycles. The van der Waals surface area contributed by atoms with Crippen LogP contribution in [-0.4, -0.2) is 26.6 Å². The van der Waals surface area contributed by atoms with Gasteiger partial charge in [0.15, 0.2) is 0 Å². The van der Waals surface area contributed by atoms with Gasteiger partial charge >= 0.3 is 7.12 Å². The highest BCUT2D eigenvalue weighted by molar-refractivity contribution is 6.70. The minimum absolute atomic E-state index is 0.314. The molecule has 1 aromatic carbocycles. The third-order valence-corrected chi connectivity index (χ3v) is 5.32. The molecule has 0 N–H and O–H groups in total. The van der Waals surface area contributed by atoms with Crippen LogP contribution in [0.3, 0.4) is 0 Å². The van der Waals surface area contributed by atoms with E-state index in [0.717, 1.165) is 22.3 Å². The number of hydrogen-bond donors (Lipinski definition) is 0. The molecule has 3 nitrogen and oxygen atoms in total. The number of benzene rings is 1. The fourth-order valence-corrected chi connectivity index (χ4v) is 3.36. The van der Waals surface area contributed by atoms with Crippen molar-refractivity contribution in [3.8, 4) is 5.75 Å². The molecule has 122 valence electrons. The van der Waals surface area contributed by atoms with E-state index in [9.17, 15) is 0 Å². The SMILES string of the molecule is Cc1cc(B2OC(C)(C)C(C)(C)O2)c(C)cc1O[Si](C)(C)C. The Hall–Kier alpha value is -0.778. The third-order valence-electron chi connectivity index (χ3n) is 4.49. The zero-order valence-electron chi connectivity index (χ0n) is 15.5. The largest absolute Gasteiger partial charge is 0.544 e. The summed E-state index contributed by atoms with van der Waals surface area (Å²) in [4.78, 5) is 0. The monoisotopic (exact) mass is 320 g/mol. The molecule has 1 aliphatic rings. The first-order chi connectivity index (χ1) is 9.82. The van der Waals surface area contributed by atoms with Gasteiger partial charge in [0, 0.05) is 0 Å². The zero-order chi connectivity index (χ0) is 16.9. The van der Waals surface area contributed by atoms with Gasteiger partial charge in [-0.1, -0.05) is 6.07 Å². The molecule has 5 heteroatoms. The van der Waals surface area contributed by atoms with Gasteiger partial charge in [-0.2, -0.15) is 0 Å². The summed E-state index contributed by atoms with van der Waals surface area (Å²) in [6.45, 7) is 19.1. The molecular formula is C17H29BO3Si. The maximum Gasteiger partial charge on any atom is 0.495 e. The van der Waals surface area contributed by atoms with E-state index in [1.165, 1.54) is 0 Å². The van der Waals surface area contributed by atoms with Crippen molar-refractivity contribution in [2.45, 2.75) is 72.4 Å². The summed E-state index contributed by atoms with van der Waals surface area (Å²) < 4.78 is 18.5. The standard InChI is InChI=1S/C17H29BO3Si/c1-12-11-15(19-22(7,8)9)13(2)10-14(12)18-20-16(3,4)17(5,6)21-18/h10-11H,1-9H3. The van der Waals surface area contributed by atoms with Crippen molar-refractivity contribution < 1.29 is 13.7 Å². The summed E-state index contributed by atoms with van der Waals surface area (Å²) >= 11 is 0. The maximum absolute atomic E-state index is 6.17. The van der Waals surface area contributed by atoms with E-state index in [1.807, 2.05) is 0 Å². The molecule has 1 aromatic rings. The lowest BCUT2D eigenvalue weighted by Crippen LogP contribution is -2.41. The maximum atomic E-state index is 6.17. The lowest BCUT2D eigenvalue weighted by molar-refractivity contribution is 0.00578. The summed E-state index contributed by atoms with van der Waals surface area (Å²) in [7, 11) is -1.92. The molecule has 2 rings (SSSR count). The number of aryl methyl sites for hydroxylation is 2. The summed E-state index contributed by atoms with van der Waals surface area (Å²) in [6, 6.07) is 4.26. The fraction of sp³-hybridized carbons (Fsp3) is 0.647. The second kappa shape index (κ2) is 5.39. The Morgan fingerprint density at radius 1 is 0.909 bits per heavy atom. The van der Waals surface area contributed by atoms with Crippen LogP contribution in [0.2, 0.25) is 19.6 Å². The Kier molecular flexibility index (Phi) is 4.31. The predicted octanol–water partition coefficient (Wildman–Crippen LogP) is 3.82. The molecule has 1 aliphatic heterocycles. The van der Waals surface area contributed by atoms with Gasteiger partial charge in [0.1, 0.15) is 5.75 Å². The van der Waals surface area contributed by atoms with Crippen LogP contribution in [0, 0.1) is 13.8 Å². The molecule has 1 heterocycles. The minimum Gasteiger partial charge on any atom is -0.544 e. The second-order valence-corrected chi connectivity index (χ2v) is 12.7. The quantitative estimate of drug-likeness (QED) is 0.793. The van der Waals surface area contributed by atoms with Gasteiger partial charge in [-0.05, 0) is 83.8 Å². The van der Waals surface area contributed by atoms with Gasteiger partial charge in [0.05, 0.1) is 11.2 Å². The van der Waals surface area contributed by atoms with E-state index in [1.54, 1.807) is 0 Å². The minimum atomic E-state index is -1.61. The van der Waals surface area contributed by atoms with Crippen LogP contribution in [-0.2, 0) is 9.31 Å². The van der Waals surface area contributed by atoms with Crippen LogP contribution in [0.1, 0.15) is 38.8 Å². The van der Waals surface area contributed by atoms with Crippen LogP contribution in [0.5, 0.6) is 5.75 Å². The van der Waals surface area contributed by atoms with E-state index in [0.29, 0.717) is 0 Å². The van der Waals surface area contributed by atoms with E-state index in [4.69, 9.17) is 13.7 Å². The molecule has 22 heavy (non-hydrogen) atoms. The van der Waals surface area contributed by atoms with Crippen molar-refractivity contribution in [1.29, 1.82) is 0 Å². The Labute approximate surface area is 136 Å². The first-order valence-corrected chi connectivity index (χ1v) is 11.4. The first kappa shape index (κ1) is 17.6. The Morgan fingerprint density at radius 3 is 1.86 bits per heavy atom. The average Bonchev–Trinajstić information content (AvgIpc) is 2.50. The van der Waals surface area contributed by atoms with Crippen molar-refractivity contribution >= 4 is 20.9 Å². The molecule has 1 fully saturated rings. The molecule has 0 radical (unpaired) electrons. The Bertz CT molecular complexity index is 560. The first-order valence-electron chi connectivity index (χ1n) is 7.98. The summed E-state index contributed by atoms with van der Waals surface area (Å²) in [6.07, 6.45) is 0. The normalized spacial score (nSPS) is 20.3. The van der Waals surface area contributed by atoms with Crippen molar-refractivity contribution in [2.75, 3.05) is 0 Å². The van der Waals surface area contributed by atoms with Gasteiger partial charge in [0.25, 0.3) is 0 Å². The predicted molar refractivity (Wildman–Crippen MR) is 95.6 cm³/mol. The Balaban J connectivity index is 2.33. The molecule has 0 saturated carbocycles. The third kappa shape index (κ3) is 3.42. The molecular weight excluding hydrogens is 291 g/mol. The molecule has 0 bridgehead atoms. The van der Waals surface area contributed by atoms with E-state index in [2.05, 4.69) is 73.3 Å². The number of rotatable bonds is 3. The van der Waals surface area contributed by atoms with Crippen LogP contribution >= 0.6 is 0 Å². The van der Waals surface area contributed by atoms with Gasteiger partial charge in [-0.15, -0.1) is 0 Å². The lowest BCUT2D eigenvalue weighted by Gasteiger charge is -2.32. The Morgan fingerprint density at radius 2 is 1.41 bits per heavy atom. The van der Waals surface area contributed by atoms with Gasteiger partial charge in [0.2, 0.25) is 8.32 Å². The topological polar surface area (TPSA) is 27.7 Å². The van der Waals surface area contributed by atoms with Crippen molar-refractivity contribution in [2.24, 2.45) is 0 Å². The van der Waals surface area contributed by atoms with Crippen LogP contribution < -0.4 is 9.89 Å². The fourth-order valence-electron chi connectivity index (χ4n) is 2.48. The molecule has 0 unspecified atom stereocenters. The van der Waals surface area contributed by atoms with E-state index < -0.39 is 8.32 Å². The van der Waals surface area contributed by atoms with Crippen LogP contribution in [0.15, 0.2) is 12.1 Å². The second-order valence-electron chi connectivity index (χ2n) is 8.28. The van der Waals surface area contributed by atoms with Gasteiger partial charge in [-0.25, -0.2) is 0 Å². The molecule has 0 atom stereocenters. The summed E-state index contributed by atoms with van der Waals surface area (Å²) in [5, 5.41) is 0.